The van der Waals surface area contributed by atoms with Crippen LogP contribution < -0.4 is 12.6 Å². The second kappa shape index (κ2) is 7.14. The molecule has 1 aliphatic rings. The van der Waals surface area contributed by atoms with Crippen LogP contribution in [0.5, 0.6) is 5.75 Å². The van der Waals surface area contributed by atoms with E-state index in [0.29, 0.717) is 0 Å². The second-order valence-electron chi connectivity index (χ2n) is 9.58. The molecule has 2 aromatic heterocycles. The Hall–Kier alpha value is -2.71. The predicted molar refractivity (Wildman–Crippen MR) is 139 cm³/mol. The first-order chi connectivity index (χ1) is 15.8. The van der Waals surface area contributed by atoms with Crippen LogP contribution in [-0.2, 0) is 12.5 Å². The fourth-order valence-electron chi connectivity index (χ4n) is 5.96. The van der Waals surface area contributed by atoms with E-state index in [4.69, 9.17) is 4.74 Å². The molecule has 0 N–H and O–H groups in total. The molecule has 2 heterocycles. The molecule has 6 rings (SSSR count). The zero-order chi connectivity index (χ0) is 23.1. The second-order valence-corrected chi connectivity index (χ2v) is 12.2. The summed E-state index contributed by atoms with van der Waals surface area (Å²) in [6.45, 7) is 6.86. The van der Waals surface area contributed by atoms with Crippen molar-refractivity contribution in [2.75, 3.05) is 7.11 Å². The Kier molecular flexibility index (Phi) is 4.52. The van der Waals surface area contributed by atoms with Crippen molar-refractivity contribution in [2.45, 2.75) is 26.2 Å². The van der Waals surface area contributed by atoms with Crippen LogP contribution in [0, 0.1) is 6.92 Å². The predicted octanol–water partition coefficient (Wildman–Crippen LogP) is 4.49. The van der Waals surface area contributed by atoms with Gasteiger partial charge in [-0.05, 0) is 0 Å². The van der Waals surface area contributed by atoms with E-state index < -0.39 is 0 Å². The Balaban J connectivity index is 1.75. The van der Waals surface area contributed by atoms with Crippen LogP contribution in [0.25, 0.3) is 38.8 Å². The van der Waals surface area contributed by atoms with Crippen molar-refractivity contribution in [3.63, 3.8) is 0 Å². The van der Waals surface area contributed by atoms with E-state index in [1.165, 1.54) is 58.8 Å². The van der Waals surface area contributed by atoms with Crippen molar-refractivity contribution in [1.29, 1.82) is 0 Å². The number of rotatable bonds is 2. The third-order valence-electron chi connectivity index (χ3n) is 7.42. The third-order valence-corrected chi connectivity index (χ3v) is 8.82. The molecule has 0 saturated carbocycles. The van der Waals surface area contributed by atoms with Crippen molar-refractivity contribution < 1.29 is 9.30 Å². The Morgan fingerprint density at radius 1 is 0.909 bits per heavy atom. The fourth-order valence-corrected chi connectivity index (χ4v) is 6.99. The number of benzene rings is 3. The Labute approximate surface area is 209 Å². The molecule has 0 spiro atoms. The zero-order valence-electron chi connectivity index (χ0n) is 19.7. The Bertz CT molecular complexity index is 1610. The standard InChI is InChI=1S/C29H26N2O.Bi.2H/c1-18-25(32-5)16-14-21-20-11-7-9-13-24(20)31(27(18)21)26-17-15-22-19-10-6-8-12-23(19)29(2,3)28(22)30(26)4;;;/h6,8-17H,1-5H3;;;/q+1;;;. The molecule has 5 aromatic rings. The molecule has 1 aliphatic carbocycles. The molecule has 0 fully saturated rings. The quantitative estimate of drug-likeness (QED) is 0.208. The molecule has 33 heavy (non-hydrogen) atoms. The van der Waals surface area contributed by atoms with E-state index in [2.05, 4.69) is 104 Å². The van der Waals surface area contributed by atoms with E-state index >= 15 is 0 Å². The summed E-state index contributed by atoms with van der Waals surface area (Å²) in [5.41, 5.74) is 9.02. The summed E-state index contributed by atoms with van der Waals surface area (Å²) in [6.07, 6.45) is 0. The van der Waals surface area contributed by atoms with E-state index in [1.54, 1.807) is 7.11 Å². The van der Waals surface area contributed by atoms with E-state index in [0.717, 1.165) is 30.5 Å². The van der Waals surface area contributed by atoms with Gasteiger partial charge in [-0.25, -0.2) is 0 Å². The van der Waals surface area contributed by atoms with Crippen LogP contribution in [0.2, 0.25) is 0 Å². The van der Waals surface area contributed by atoms with E-state index in [1.807, 2.05) is 0 Å². The molecule has 0 unspecified atom stereocenters. The van der Waals surface area contributed by atoms with Gasteiger partial charge in [-0.15, -0.1) is 0 Å². The SMILES string of the molecule is COc1ccc2c3c[c]([BiH2])ccc3n(-c3ccc4c([n+]3C)C(C)(C)c3ccccc3-4)c2c1C. The maximum atomic E-state index is 5.73. The minimum absolute atomic E-state index is 0.0640. The monoisotopic (exact) mass is 629 g/mol. The minimum atomic E-state index is -0.0640. The van der Waals surface area contributed by atoms with Crippen LogP contribution >= 0.6 is 0 Å². The van der Waals surface area contributed by atoms with Crippen LogP contribution in [0.3, 0.4) is 0 Å². The fraction of sp³-hybridized carbons (Fsp3) is 0.207. The molecule has 3 nitrogen and oxygen atoms in total. The summed E-state index contributed by atoms with van der Waals surface area (Å²) in [7, 11) is 3.98. The molecular weight excluding hydrogens is 601 g/mol. The number of fused-ring (bicyclic) bond motifs is 6. The first kappa shape index (κ1) is 20.9. The molecule has 0 bridgehead atoms. The Morgan fingerprint density at radius 3 is 2.48 bits per heavy atom. The molecule has 0 atom stereocenters. The van der Waals surface area contributed by atoms with Crippen molar-refractivity contribution in [3.05, 3.63) is 83.6 Å². The molecule has 0 amide bonds. The molecule has 0 radical (unpaired) electrons. The van der Waals surface area contributed by atoms with Crippen molar-refractivity contribution in [3.8, 4) is 22.7 Å². The van der Waals surface area contributed by atoms with Gasteiger partial charge in [0, 0.05) is 0 Å². The van der Waals surface area contributed by atoms with Gasteiger partial charge in [0.1, 0.15) is 0 Å². The van der Waals surface area contributed by atoms with Gasteiger partial charge in [0.05, 0.1) is 0 Å². The molecule has 4 heteroatoms. The average Bonchev–Trinajstić information content (AvgIpc) is 3.25. The number of aromatic nitrogens is 2. The first-order valence-electron chi connectivity index (χ1n) is 11.4. The van der Waals surface area contributed by atoms with Crippen LogP contribution in [0.1, 0.15) is 30.7 Å². The third kappa shape index (κ3) is 2.74. The summed E-state index contributed by atoms with van der Waals surface area (Å²) in [4.78, 5) is 0. The van der Waals surface area contributed by atoms with Gasteiger partial charge in [-0.2, -0.15) is 0 Å². The zero-order valence-corrected chi connectivity index (χ0v) is 24.2. The van der Waals surface area contributed by atoms with Crippen molar-refractivity contribution >= 4 is 49.8 Å². The van der Waals surface area contributed by atoms with Crippen molar-refractivity contribution in [2.24, 2.45) is 7.05 Å². The van der Waals surface area contributed by atoms with Gasteiger partial charge >= 0.3 is 210 Å². The maximum absolute atomic E-state index is 5.73. The van der Waals surface area contributed by atoms with Gasteiger partial charge in [0.25, 0.3) is 0 Å². The average molecular weight is 630 g/mol. The molecule has 164 valence electrons. The van der Waals surface area contributed by atoms with Crippen LogP contribution in [0.15, 0.2) is 66.7 Å². The summed E-state index contributed by atoms with van der Waals surface area (Å²) < 4.78 is 12.0. The van der Waals surface area contributed by atoms with Gasteiger partial charge in [0.15, 0.2) is 0 Å². The van der Waals surface area contributed by atoms with E-state index in [-0.39, 0.29) is 5.41 Å². The van der Waals surface area contributed by atoms with Gasteiger partial charge in [-0.1, -0.05) is 0 Å². The first-order valence-corrected chi connectivity index (χ1v) is 13.6. The number of methoxy groups -OCH3 is 1. The molecule has 3 aromatic carbocycles. The van der Waals surface area contributed by atoms with Gasteiger partial charge < -0.3 is 0 Å². The molecule has 0 saturated heterocycles. The van der Waals surface area contributed by atoms with Gasteiger partial charge in [-0.3, -0.25) is 0 Å². The molecular formula is C29H28BiN2O+. The summed E-state index contributed by atoms with van der Waals surface area (Å²) in [5, 5.41) is 2.60. The summed E-state index contributed by atoms with van der Waals surface area (Å²) in [5.74, 6) is 2.10. The number of ether oxygens (including phenoxy) is 1. The number of hydrogen-bond acceptors (Lipinski definition) is 1. The topological polar surface area (TPSA) is 18.0 Å². The summed E-state index contributed by atoms with van der Waals surface area (Å²) >= 11 is 0.813. The van der Waals surface area contributed by atoms with Gasteiger partial charge in [0.2, 0.25) is 0 Å². The van der Waals surface area contributed by atoms with E-state index in [9.17, 15) is 0 Å². The number of pyridine rings is 1. The van der Waals surface area contributed by atoms with Crippen molar-refractivity contribution in [1.82, 2.24) is 4.57 Å². The number of nitrogens with zero attached hydrogens (tertiary/aromatic N) is 2. The van der Waals surface area contributed by atoms with Crippen LogP contribution in [-0.4, -0.2) is 36.4 Å². The normalized spacial score (nSPS) is 14.0. The van der Waals surface area contributed by atoms with Crippen LogP contribution in [0.4, 0.5) is 0 Å². The number of aryl methyl sites for hydroxylation is 1. The Morgan fingerprint density at radius 2 is 1.70 bits per heavy atom. The summed E-state index contributed by atoms with van der Waals surface area (Å²) in [6, 6.07) is 24.7. The molecule has 0 aliphatic heterocycles. The number of hydrogen-bond donors (Lipinski definition) is 0.